The van der Waals surface area contributed by atoms with E-state index in [0.29, 0.717) is 22.7 Å². The van der Waals surface area contributed by atoms with Gasteiger partial charge in [0.1, 0.15) is 11.9 Å². The molecule has 0 fully saturated rings. The Labute approximate surface area is 166 Å². The molecule has 1 unspecified atom stereocenters. The molecule has 1 aromatic heterocycles. The van der Waals surface area contributed by atoms with Crippen LogP contribution >= 0.6 is 0 Å². The van der Waals surface area contributed by atoms with E-state index in [1.54, 1.807) is 56.6 Å². The SMILES string of the molecule is COc1ccc(N2C(=O)c3ccccc3NC2c2cn(C)c(=O)n(C)c2=O)cc1. The Morgan fingerprint density at radius 3 is 2.34 bits per heavy atom. The molecule has 0 saturated carbocycles. The van der Waals surface area contributed by atoms with Crippen molar-refractivity contribution in [3.8, 4) is 5.75 Å². The Kier molecular flexibility index (Phi) is 4.46. The smallest absolute Gasteiger partial charge is 0.330 e. The minimum absolute atomic E-state index is 0.245. The summed E-state index contributed by atoms with van der Waals surface area (Å²) in [6.45, 7) is 0. The fourth-order valence-electron chi connectivity index (χ4n) is 3.50. The second kappa shape index (κ2) is 6.97. The predicted molar refractivity (Wildman–Crippen MR) is 110 cm³/mol. The first-order valence-electron chi connectivity index (χ1n) is 9.02. The fourth-order valence-corrected chi connectivity index (χ4v) is 3.50. The van der Waals surface area contributed by atoms with E-state index < -0.39 is 17.4 Å². The lowest BCUT2D eigenvalue weighted by Gasteiger charge is -2.37. The summed E-state index contributed by atoms with van der Waals surface area (Å²) in [7, 11) is 4.56. The lowest BCUT2D eigenvalue weighted by atomic mass is 10.0. The molecule has 4 rings (SSSR count). The third-order valence-corrected chi connectivity index (χ3v) is 5.04. The maximum atomic E-state index is 13.4. The van der Waals surface area contributed by atoms with Gasteiger partial charge < -0.3 is 14.6 Å². The summed E-state index contributed by atoms with van der Waals surface area (Å²) in [6.07, 6.45) is 0.691. The highest BCUT2D eigenvalue weighted by molar-refractivity contribution is 6.12. The summed E-state index contributed by atoms with van der Waals surface area (Å²) in [6, 6.07) is 14.1. The van der Waals surface area contributed by atoms with Crippen LogP contribution in [0.15, 0.2) is 64.3 Å². The number of aromatic nitrogens is 2. The van der Waals surface area contributed by atoms with Gasteiger partial charge in [-0.3, -0.25) is 19.1 Å². The van der Waals surface area contributed by atoms with Crippen molar-refractivity contribution in [2.75, 3.05) is 17.3 Å². The van der Waals surface area contributed by atoms with Gasteiger partial charge in [0, 0.05) is 31.7 Å². The van der Waals surface area contributed by atoms with Crippen LogP contribution in [0, 0.1) is 0 Å². The molecular weight excluding hydrogens is 372 g/mol. The summed E-state index contributed by atoms with van der Waals surface area (Å²) < 4.78 is 7.57. The predicted octanol–water partition coefficient (Wildman–Crippen LogP) is 1.86. The van der Waals surface area contributed by atoms with Crippen LogP contribution in [-0.2, 0) is 14.1 Å². The molecule has 8 heteroatoms. The van der Waals surface area contributed by atoms with Crippen LogP contribution in [0.4, 0.5) is 11.4 Å². The van der Waals surface area contributed by atoms with Crippen molar-refractivity contribution in [3.05, 3.63) is 86.7 Å². The van der Waals surface area contributed by atoms with E-state index in [-0.39, 0.29) is 11.5 Å². The largest absolute Gasteiger partial charge is 0.497 e. The van der Waals surface area contributed by atoms with Crippen molar-refractivity contribution >= 4 is 17.3 Å². The van der Waals surface area contributed by atoms with E-state index in [1.165, 1.54) is 22.7 Å². The van der Waals surface area contributed by atoms with Gasteiger partial charge in [0.25, 0.3) is 11.5 Å². The summed E-state index contributed by atoms with van der Waals surface area (Å²) in [5.74, 6) is 0.409. The molecule has 148 valence electrons. The van der Waals surface area contributed by atoms with Crippen LogP contribution in [0.5, 0.6) is 5.75 Å². The van der Waals surface area contributed by atoms with Crippen LogP contribution in [0.2, 0.25) is 0 Å². The standard InChI is InChI=1S/C21H20N4O4/c1-23-12-16(19(26)24(2)21(23)28)18-22-17-7-5-4-6-15(17)20(27)25(18)13-8-10-14(29-3)11-9-13/h4-12,18,22H,1-3H3. The third kappa shape index (κ3) is 2.98. The number of fused-ring (bicyclic) bond motifs is 1. The fraction of sp³-hybridized carbons (Fsp3) is 0.190. The monoisotopic (exact) mass is 392 g/mol. The number of nitrogens with zero attached hydrogens (tertiary/aromatic N) is 3. The van der Waals surface area contributed by atoms with Gasteiger partial charge >= 0.3 is 5.69 Å². The van der Waals surface area contributed by atoms with Crippen molar-refractivity contribution < 1.29 is 9.53 Å². The summed E-state index contributed by atoms with van der Waals surface area (Å²) in [5, 5.41) is 3.28. The Morgan fingerprint density at radius 2 is 1.66 bits per heavy atom. The number of rotatable bonds is 3. The molecule has 1 aliphatic rings. The first kappa shape index (κ1) is 18.5. The van der Waals surface area contributed by atoms with Gasteiger partial charge in [0.15, 0.2) is 0 Å². The van der Waals surface area contributed by atoms with E-state index in [1.807, 2.05) is 6.07 Å². The van der Waals surface area contributed by atoms with Gasteiger partial charge in [-0.15, -0.1) is 0 Å². The lowest BCUT2D eigenvalue weighted by molar-refractivity contribution is 0.0974. The van der Waals surface area contributed by atoms with Crippen LogP contribution in [-0.4, -0.2) is 22.2 Å². The quantitative estimate of drug-likeness (QED) is 0.735. The zero-order valence-corrected chi connectivity index (χ0v) is 16.2. The topological polar surface area (TPSA) is 85.6 Å². The van der Waals surface area contributed by atoms with Crippen molar-refractivity contribution in [1.29, 1.82) is 0 Å². The number of para-hydroxylation sites is 1. The summed E-state index contributed by atoms with van der Waals surface area (Å²) in [4.78, 5) is 39.9. The van der Waals surface area contributed by atoms with Crippen molar-refractivity contribution in [2.45, 2.75) is 6.17 Å². The number of amides is 1. The summed E-state index contributed by atoms with van der Waals surface area (Å²) >= 11 is 0. The number of benzene rings is 2. The van der Waals surface area contributed by atoms with E-state index in [2.05, 4.69) is 5.32 Å². The number of anilines is 2. The van der Waals surface area contributed by atoms with Gasteiger partial charge in [-0.2, -0.15) is 0 Å². The number of carbonyl (C=O) groups is 1. The average Bonchev–Trinajstić information content (AvgIpc) is 2.75. The van der Waals surface area contributed by atoms with Gasteiger partial charge in [-0.05, 0) is 36.4 Å². The Morgan fingerprint density at radius 1 is 0.966 bits per heavy atom. The van der Waals surface area contributed by atoms with E-state index in [4.69, 9.17) is 4.74 Å². The average molecular weight is 392 g/mol. The molecule has 0 bridgehead atoms. The van der Waals surface area contributed by atoms with Crippen LogP contribution in [0.3, 0.4) is 0 Å². The maximum absolute atomic E-state index is 13.4. The molecule has 2 heterocycles. The minimum atomic E-state index is -0.781. The second-order valence-electron chi connectivity index (χ2n) is 6.81. The van der Waals surface area contributed by atoms with Gasteiger partial charge in [-0.1, -0.05) is 12.1 Å². The first-order valence-corrected chi connectivity index (χ1v) is 9.02. The molecule has 29 heavy (non-hydrogen) atoms. The number of methoxy groups -OCH3 is 1. The third-order valence-electron chi connectivity index (χ3n) is 5.04. The number of hydrogen-bond acceptors (Lipinski definition) is 5. The zero-order valence-electron chi connectivity index (χ0n) is 16.2. The number of nitrogens with one attached hydrogen (secondary N) is 1. The molecule has 1 N–H and O–H groups in total. The Bertz CT molecular complexity index is 1210. The number of hydrogen-bond donors (Lipinski definition) is 1. The van der Waals surface area contributed by atoms with Crippen LogP contribution in [0.1, 0.15) is 22.1 Å². The van der Waals surface area contributed by atoms with Crippen molar-refractivity contribution in [2.24, 2.45) is 14.1 Å². The van der Waals surface area contributed by atoms with Gasteiger partial charge in [0.05, 0.1) is 18.2 Å². The van der Waals surface area contributed by atoms with Crippen LogP contribution < -0.4 is 26.2 Å². The van der Waals surface area contributed by atoms with Crippen molar-refractivity contribution in [3.63, 3.8) is 0 Å². The number of carbonyl (C=O) groups excluding carboxylic acids is 1. The molecule has 1 amide bonds. The molecule has 8 nitrogen and oxygen atoms in total. The zero-order chi connectivity index (χ0) is 20.7. The van der Waals surface area contributed by atoms with E-state index in [0.717, 1.165) is 4.57 Å². The molecule has 1 aliphatic heterocycles. The maximum Gasteiger partial charge on any atom is 0.330 e. The molecule has 1 atom stereocenters. The minimum Gasteiger partial charge on any atom is -0.497 e. The van der Waals surface area contributed by atoms with Gasteiger partial charge in [0.2, 0.25) is 0 Å². The molecule has 0 aliphatic carbocycles. The first-order chi connectivity index (χ1) is 13.9. The summed E-state index contributed by atoms with van der Waals surface area (Å²) in [5.41, 5.74) is 1.12. The lowest BCUT2D eigenvalue weighted by Crippen LogP contribution is -2.48. The normalized spacial score (nSPS) is 15.6. The highest BCUT2D eigenvalue weighted by Crippen LogP contribution is 2.36. The number of ether oxygens (including phenoxy) is 1. The Hall–Kier alpha value is -3.81. The molecule has 2 aromatic carbocycles. The van der Waals surface area contributed by atoms with E-state index >= 15 is 0 Å². The second-order valence-corrected chi connectivity index (χ2v) is 6.81. The van der Waals surface area contributed by atoms with E-state index in [9.17, 15) is 14.4 Å². The highest BCUT2D eigenvalue weighted by Gasteiger charge is 2.36. The number of aryl methyl sites for hydroxylation is 1. The van der Waals surface area contributed by atoms with Gasteiger partial charge in [-0.25, -0.2) is 4.79 Å². The molecule has 0 radical (unpaired) electrons. The molecule has 0 spiro atoms. The van der Waals surface area contributed by atoms with Crippen LogP contribution in [0.25, 0.3) is 0 Å². The molecular formula is C21H20N4O4. The Balaban J connectivity index is 1.93. The highest BCUT2D eigenvalue weighted by atomic mass is 16.5. The molecule has 3 aromatic rings. The van der Waals surface area contributed by atoms with Crippen molar-refractivity contribution in [1.82, 2.24) is 9.13 Å². The molecule has 0 saturated heterocycles.